The first-order chi connectivity index (χ1) is 19.0. The molecule has 0 spiro atoms. The molecule has 3 aromatic rings. The van der Waals surface area contributed by atoms with E-state index in [9.17, 15) is 9.59 Å². The van der Waals surface area contributed by atoms with Crippen molar-refractivity contribution < 1.29 is 14.4 Å². The second-order valence-corrected chi connectivity index (χ2v) is 9.20. The van der Waals surface area contributed by atoms with Crippen LogP contribution in [0.5, 0.6) is 0 Å². The number of unbranched alkanes of at least 4 members (excludes halogenated alkanes) is 2. The fourth-order valence-corrected chi connectivity index (χ4v) is 4.91. The van der Waals surface area contributed by atoms with Gasteiger partial charge in [-0.2, -0.15) is 0 Å². The molecule has 208 valence electrons. The number of anilines is 2. The van der Waals surface area contributed by atoms with Crippen LogP contribution in [0.4, 0.5) is 11.4 Å². The molecule has 2 aliphatic heterocycles. The molecular formula is C33H43N3O3. The maximum atomic E-state index is 13.7. The molecule has 2 amide bonds. The van der Waals surface area contributed by atoms with Gasteiger partial charge in [-0.1, -0.05) is 95.5 Å². The van der Waals surface area contributed by atoms with E-state index in [1.165, 1.54) is 19.3 Å². The topological polar surface area (TPSA) is 69.7 Å². The summed E-state index contributed by atoms with van der Waals surface area (Å²) in [6.45, 7) is 12.8. The molecule has 2 unspecified atom stereocenters. The lowest BCUT2D eigenvalue weighted by Gasteiger charge is -2.41. The van der Waals surface area contributed by atoms with Crippen molar-refractivity contribution in [1.82, 2.24) is 5.32 Å². The summed E-state index contributed by atoms with van der Waals surface area (Å²) in [5, 5.41) is 3.31. The highest BCUT2D eigenvalue weighted by Crippen LogP contribution is 2.43. The molecule has 5 rings (SSSR count). The molecule has 6 heteroatoms. The van der Waals surface area contributed by atoms with E-state index in [0.717, 1.165) is 22.5 Å². The molecule has 2 heterocycles. The van der Waals surface area contributed by atoms with Gasteiger partial charge in [-0.15, -0.1) is 0 Å². The molecule has 1 saturated heterocycles. The van der Waals surface area contributed by atoms with Crippen molar-refractivity contribution in [2.45, 2.75) is 72.5 Å². The first kappa shape index (κ1) is 31.4. The number of carbonyl (C=O) groups is 3. The van der Waals surface area contributed by atoms with Gasteiger partial charge in [0.05, 0.1) is 24.4 Å². The predicted molar refractivity (Wildman–Crippen MR) is 161 cm³/mol. The zero-order valence-electron chi connectivity index (χ0n) is 24.0. The van der Waals surface area contributed by atoms with E-state index in [1.807, 2.05) is 116 Å². The number of rotatable bonds is 5. The van der Waals surface area contributed by atoms with E-state index >= 15 is 0 Å². The van der Waals surface area contributed by atoms with Crippen molar-refractivity contribution in [2.75, 3.05) is 16.3 Å². The number of amides is 2. The normalized spacial score (nSPS) is 16.6. The number of para-hydroxylation sites is 1. The van der Waals surface area contributed by atoms with Gasteiger partial charge >= 0.3 is 0 Å². The first-order valence-corrected chi connectivity index (χ1v) is 13.9. The molecule has 6 nitrogen and oxygen atoms in total. The smallest absolute Gasteiger partial charge is 0.258 e. The molecule has 0 radical (unpaired) electrons. The van der Waals surface area contributed by atoms with Crippen molar-refractivity contribution >= 4 is 30.0 Å². The standard InChI is InChI=1S/C25H23N3O2.C5H12.C2H6.CH2O/c1-17-8-7-11-19(14-17)27(25(30)18-9-3-2-4-10-18)22-15-23-26-16-24(29)28(23)21-13-6-5-12-20(21)22;1-3-5-4-2;2*1-2/h2-14,22-23,26H,15-16H2,1H3;3-5H2,1-2H3;1-2H3;1H2. The second-order valence-electron chi connectivity index (χ2n) is 9.20. The Balaban J connectivity index is 0.000000527. The third-order valence-electron chi connectivity index (χ3n) is 6.61. The molecular weight excluding hydrogens is 486 g/mol. The van der Waals surface area contributed by atoms with Gasteiger partial charge in [-0.05, 0) is 48.4 Å². The van der Waals surface area contributed by atoms with Crippen LogP contribution in [0.15, 0.2) is 78.9 Å². The minimum absolute atomic E-state index is 0.0428. The van der Waals surface area contributed by atoms with Gasteiger partial charge in [-0.3, -0.25) is 19.8 Å². The molecule has 39 heavy (non-hydrogen) atoms. The lowest BCUT2D eigenvalue weighted by molar-refractivity contribution is -0.116. The van der Waals surface area contributed by atoms with Crippen LogP contribution in [0.3, 0.4) is 0 Å². The number of nitrogens with zero attached hydrogens (tertiary/aromatic N) is 2. The first-order valence-electron chi connectivity index (χ1n) is 13.9. The van der Waals surface area contributed by atoms with Crippen LogP contribution in [-0.4, -0.2) is 31.3 Å². The van der Waals surface area contributed by atoms with Crippen LogP contribution in [0.2, 0.25) is 0 Å². The Labute approximate surface area is 234 Å². The molecule has 0 saturated carbocycles. The number of hydrogen-bond donors (Lipinski definition) is 1. The summed E-state index contributed by atoms with van der Waals surface area (Å²) in [5.74, 6) is 0.0289. The highest BCUT2D eigenvalue weighted by atomic mass is 16.2. The maximum Gasteiger partial charge on any atom is 0.258 e. The number of benzene rings is 3. The average Bonchev–Trinajstić information content (AvgIpc) is 3.37. The number of nitrogens with one attached hydrogen (secondary N) is 1. The molecule has 2 atom stereocenters. The molecule has 1 N–H and O–H groups in total. The predicted octanol–water partition coefficient (Wildman–Crippen LogP) is 7.09. The van der Waals surface area contributed by atoms with Crippen molar-refractivity contribution in [3.63, 3.8) is 0 Å². The zero-order valence-corrected chi connectivity index (χ0v) is 24.0. The fraction of sp³-hybridized carbons (Fsp3) is 0.364. The average molecular weight is 530 g/mol. The molecule has 0 aliphatic carbocycles. The quantitative estimate of drug-likeness (QED) is 0.383. The molecule has 0 aromatic heterocycles. The SMILES string of the molecule is C=O.CC.CCCCC.Cc1cccc(N(C(=O)c2ccccc2)C2CC3NCC(=O)N3c3ccccc32)c1. The van der Waals surface area contributed by atoms with E-state index < -0.39 is 0 Å². The van der Waals surface area contributed by atoms with Gasteiger partial charge < -0.3 is 9.69 Å². The molecule has 1 fully saturated rings. The van der Waals surface area contributed by atoms with E-state index in [-0.39, 0.29) is 24.0 Å². The van der Waals surface area contributed by atoms with Gasteiger partial charge in [0, 0.05) is 17.7 Å². The summed E-state index contributed by atoms with van der Waals surface area (Å²) in [6.07, 6.45) is 4.59. The number of aryl methyl sites for hydroxylation is 1. The Bertz CT molecular complexity index is 1180. The lowest BCUT2D eigenvalue weighted by atomic mass is 9.92. The molecule has 2 aliphatic rings. The Morgan fingerprint density at radius 2 is 1.59 bits per heavy atom. The maximum absolute atomic E-state index is 13.7. The molecule has 0 bridgehead atoms. The summed E-state index contributed by atoms with van der Waals surface area (Å²) in [5.41, 5.74) is 4.48. The van der Waals surface area contributed by atoms with E-state index in [2.05, 4.69) is 19.2 Å². The minimum atomic E-state index is -0.185. The summed E-state index contributed by atoms with van der Waals surface area (Å²) in [7, 11) is 0. The van der Waals surface area contributed by atoms with Crippen LogP contribution in [0.1, 0.15) is 80.9 Å². The monoisotopic (exact) mass is 529 g/mol. The van der Waals surface area contributed by atoms with Gasteiger partial charge in [-0.25, -0.2) is 0 Å². The van der Waals surface area contributed by atoms with Crippen LogP contribution in [0, 0.1) is 6.92 Å². The van der Waals surface area contributed by atoms with Gasteiger partial charge in [0.1, 0.15) is 6.79 Å². The Morgan fingerprint density at radius 1 is 0.949 bits per heavy atom. The van der Waals surface area contributed by atoms with Crippen molar-refractivity contribution in [1.29, 1.82) is 0 Å². The number of fused-ring (bicyclic) bond motifs is 3. The van der Waals surface area contributed by atoms with Gasteiger partial charge in [0.15, 0.2) is 0 Å². The van der Waals surface area contributed by atoms with Crippen molar-refractivity contribution in [3.05, 3.63) is 95.6 Å². The fourth-order valence-electron chi connectivity index (χ4n) is 4.91. The van der Waals surface area contributed by atoms with Crippen LogP contribution >= 0.6 is 0 Å². The molecule has 3 aromatic carbocycles. The summed E-state index contributed by atoms with van der Waals surface area (Å²) in [4.78, 5) is 38.0. The highest BCUT2D eigenvalue weighted by molar-refractivity contribution is 6.07. The zero-order chi connectivity index (χ0) is 28.8. The van der Waals surface area contributed by atoms with Crippen LogP contribution in [0.25, 0.3) is 0 Å². The highest BCUT2D eigenvalue weighted by Gasteiger charge is 2.43. The number of carbonyl (C=O) groups excluding carboxylic acids is 3. The lowest BCUT2D eigenvalue weighted by Crippen LogP contribution is -2.47. The van der Waals surface area contributed by atoms with E-state index in [1.54, 1.807) is 0 Å². The summed E-state index contributed by atoms with van der Waals surface area (Å²) in [6, 6.07) is 25.2. The van der Waals surface area contributed by atoms with Crippen molar-refractivity contribution in [2.24, 2.45) is 0 Å². The summed E-state index contributed by atoms with van der Waals surface area (Å²) >= 11 is 0. The largest absolute Gasteiger partial charge is 0.307 e. The van der Waals surface area contributed by atoms with Crippen LogP contribution < -0.4 is 15.1 Å². The number of hydrogen-bond acceptors (Lipinski definition) is 4. The van der Waals surface area contributed by atoms with E-state index in [4.69, 9.17) is 4.79 Å². The van der Waals surface area contributed by atoms with Gasteiger partial charge in [0.25, 0.3) is 5.91 Å². The summed E-state index contributed by atoms with van der Waals surface area (Å²) < 4.78 is 0. The van der Waals surface area contributed by atoms with Crippen LogP contribution in [-0.2, 0) is 9.59 Å². The Hall–Kier alpha value is -3.77. The Morgan fingerprint density at radius 3 is 2.21 bits per heavy atom. The van der Waals surface area contributed by atoms with E-state index in [0.29, 0.717) is 18.5 Å². The second kappa shape index (κ2) is 16.2. The Kier molecular flexibility index (Phi) is 13.1. The minimum Gasteiger partial charge on any atom is -0.307 e. The third-order valence-corrected chi connectivity index (χ3v) is 6.61. The van der Waals surface area contributed by atoms with Crippen molar-refractivity contribution in [3.8, 4) is 0 Å². The van der Waals surface area contributed by atoms with Gasteiger partial charge in [0.2, 0.25) is 5.91 Å². The third kappa shape index (κ3) is 7.64.